The molecule has 0 bridgehead atoms. The molecule has 0 radical (unpaired) electrons. The van der Waals surface area contributed by atoms with Crippen molar-refractivity contribution in [3.05, 3.63) is 70.2 Å². The zero-order valence-corrected chi connectivity index (χ0v) is 12.4. The van der Waals surface area contributed by atoms with Crippen molar-refractivity contribution in [1.29, 1.82) is 0 Å². The van der Waals surface area contributed by atoms with Gasteiger partial charge in [0.05, 0.1) is 5.52 Å². The molecule has 0 aliphatic carbocycles. The lowest BCUT2D eigenvalue weighted by molar-refractivity contribution is 0.851. The van der Waals surface area contributed by atoms with Gasteiger partial charge in [-0.2, -0.15) is 0 Å². The third-order valence-corrected chi connectivity index (χ3v) is 3.93. The molecule has 2 nitrogen and oxygen atoms in total. The van der Waals surface area contributed by atoms with Crippen LogP contribution in [0.2, 0.25) is 0 Å². The second kappa shape index (κ2) is 5.17. The van der Waals surface area contributed by atoms with Gasteiger partial charge in [-0.15, -0.1) is 0 Å². The molecule has 3 aromatic rings. The quantitative estimate of drug-likeness (QED) is 0.708. The molecule has 0 N–H and O–H groups in total. The van der Waals surface area contributed by atoms with E-state index in [1.54, 1.807) is 0 Å². The summed E-state index contributed by atoms with van der Waals surface area (Å²) in [6.45, 7) is 2.11. The van der Waals surface area contributed by atoms with Gasteiger partial charge in [-0.1, -0.05) is 36.4 Å². The van der Waals surface area contributed by atoms with E-state index < -0.39 is 0 Å². The Balaban J connectivity index is 1.92. The minimum atomic E-state index is 0.939. The van der Waals surface area contributed by atoms with Gasteiger partial charge in [-0.3, -0.25) is 0 Å². The third-order valence-electron chi connectivity index (χ3n) is 3.38. The first-order valence-electron chi connectivity index (χ1n) is 6.41. The van der Waals surface area contributed by atoms with Crippen LogP contribution in [0, 0.1) is 6.92 Å². The fraction of sp³-hybridized carbons (Fsp3) is 0.188. The molecule has 2 aromatic heterocycles. The Bertz CT molecular complexity index is 701. The predicted octanol–water partition coefficient (Wildman–Crippen LogP) is 4.19. The third kappa shape index (κ3) is 2.43. The molecule has 2 heterocycles. The molecule has 0 saturated carbocycles. The number of benzene rings is 1. The van der Waals surface area contributed by atoms with Gasteiger partial charge in [0.2, 0.25) is 0 Å². The number of hydrogen-bond acceptors (Lipinski definition) is 1. The summed E-state index contributed by atoms with van der Waals surface area (Å²) >= 11 is 3.56. The molecule has 0 spiro atoms. The van der Waals surface area contributed by atoms with Crippen molar-refractivity contribution in [3.8, 4) is 0 Å². The fourth-order valence-electron chi connectivity index (χ4n) is 2.39. The Morgan fingerprint density at radius 1 is 1.05 bits per heavy atom. The van der Waals surface area contributed by atoms with Crippen LogP contribution in [0.25, 0.3) is 5.52 Å². The molecule has 0 saturated heterocycles. The SMILES string of the molecule is Cc1cccn2c(CCc3ccccc3)nc(Br)c12. The number of pyridine rings is 1. The summed E-state index contributed by atoms with van der Waals surface area (Å²) in [4.78, 5) is 4.65. The van der Waals surface area contributed by atoms with Crippen LogP contribution in [0.1, 0.15) is 17.0 Å². The highest BCUT2D eigenvalue weighted by Crippen LogP contribution is 2.22. The number of halogens is 1. The Labute approximate surface area is 121 Å². The topological polar surface area (TPSA) is 17.3 Å². The van der Waals surface area contributed by atoms with E-state index in [4.69, 9.17) is 0 Å². The lowest BCUT2D eigenvalue weighted by atomic mass is 10.1. The molecule has 0 aliphatic heterocycles. The first-order valence-corrected chi connectivity index (χ1v) is 7.21. The van der Waals surface area contributed by atoms with Crippen LogP contribution >= 0.6 is 15.9 Å². The predicted molar refractivity (Wildman–Crippen MR) is 81.5 cm³/mol. The van der Waals surface area contributed by atoms with Crippen molar-refractivity contribution in [2.24, 2.45) is 0 Å². The average molecular weight is 315 g/mol. The zero-order valence-electron chi connectivity index (χ0n) is 10.8. The first-order chi connectivity index (χ1) is 9.25. The van der Waals surface area contributed by atoms with E-state index in [1.165, 1.54) is 16.6 Å². The monoisotopic (exact) mass is 314 g/mol. The summed E-state index contributed by atoms with van der Waals surface area (Å²) < 4.78 is 3.12. The van der Waals surface area contributed by atoms with E-state index in [2.05, 4.69) is 74.8 Å². The standard InChI is InChI=1S/C16H15BrN2/c1-12-6-5-11-19-14(18-16(17)15(12)19)10-9-13-7-3-2-4-8-13/h2-8,11H,9-10H2,1H3. The maximum atomic E-state index is 4.65. The maximum absolute atomic E-state index is 4.65. The van der Waals surface area contributed by atoms with Gasteiger partial charge in [0, 0.05) is 12.6 Å². The summed E-state index contributed by atoms with van der Waals surface area (Å²) in [7, 11) is 0. The second-order valence-electron chi connectivity index (χ2n) is 4.71. The number of imidazole rings is 1. The Kier molecular flexibility index (Phi) is 3.38. The summed E-state index contributed by atoms with van der Waals surface area (Å²) in [5, 5.41) is 0. The molecular formula is C16H15BrN2. The maximum Gasteiger partial charge on any atom is 0.132 e. The van der Waals surface area contributed by atoms with Crippen molar-refractivity contribution < 1.29 is 0 Å². The molecule has 1 aromatic carbocycles. The van der Waals surface area contributed by atoms with E-state index in [1.807, 2.05) is 6.07 Å². The van der Waals surface area contributed by atoms with Crippen molar-refractivity contribution in [2.45, 2.75) is 19.8 Å². The molecule has 0 fully saturated rings. The van der Waals surface area contributed by atoms with E-state index in [9.17, 15) is 0 Å². The Morgan fingerprint density at radius 2 is 1.84 bits per heavy atom. The van der Waals surface area contributed by atoms with Crippen molar-refractivity contribution in [3.63, 3.8) is 0 Å². The van der Waals surface area contributed by atoms with Crippen LogP contribution in [-0.2, 0) is 12.8 Å². The van der Waals surface area contributed by atoms with Crippen LogP contribution in [0.5, 0.6) is 0 Å². The molecule has 3 rings (SSSR count). The number of aromatic nitrogens is 2. The van der Waals surface area contributed by atoms with Gasteiger partial charge in [0.1, 0.15) is 10.4 Å². The Morgan fingerprint density at radius 3 is 2.63 bits per heavy atom. The molecule has 0 atom stereocenters. The van der Waals surface area contributed by atoms with Gasteiger partial charge >= 0.3 is 0 Å². The van der Waals surface area contributed by atoms with Crippen LogP contribution in [-0.4, -0.2) is 9.38 Å². The molecule has 96 valence electrons. The molecule has 3 heteroatoms. The van der Waals surface area contributed by atoms with Gasteiger partial charge in [-0.25, -0.2) is 4.98 Å². The van der Waals surface area contributed by atoms with Gasteiger partial charge < -0.3 is 4.40 Å². The number of rotatable bonds is 3. The van der Waals surface area contributed by atoms with Gasteiger partial charge in [0.25, 0.3) is 0 Å². The summed E-state index contributed by atoms with van der Waals surface area (Å²) in [6.07, 6.45) is 4.04. The molecule has 19 heavy (non-hydrogen) atoms. The molecular weight excluding hydrogens is 300 g/mol. The summed E-state index contributed by atoms with van der Waals surface area (Å²) in [6, 6.07) is 14.7. The lowest BCUT2D eigenvalue weighted by Gasteiger charge is -2.03. The normalized spacial score (nSPS) is 11.1. The zero-order chi connectivity index (χ0) is 13.2. The largest absolute Gasteiger partial charge is 0.302 e. The number of nitrogens with zero attached hydrogens (tertiary/aromatic N) is 2. The molecule has 0 amide bonds. The number of hydrogen-bond donors (Lipinski definition) is 0. The number of fused-ring (bicyclic) bond motifs is 1. The number of aryl methyl sites for hydroxylation is 3. The highest BCUT2D eigenvalue weighted by Gasteiger charge is 2.10. The van der Waals surface area contributed by atoms with Crippen molar-refractivity contribution >= 4 is 21.4 Å². The summed E-state index contributed by atoms with van der Waals surface area (Å²) in [5.41, 5.74) is 3.77. The van der Waals surface area contributed by atoms with Gasteiger partial charge in [-0.05, 0) is 46.5 Å². The van der Waals surface area contributed by atoms with Crippen LogP contribution in [0.4, 0.5) is 0 Å². The van der Waals surface area contributed by atoms with Crippen molar-refractivity contribution in [1.82, 2.24) is 9.38 Å². The van der Waals surface area contributed by atoms with Crippen LogP contribution < -0.4 is 0 Å². The van der Waals surface area contributed by atoms with E-state index >= 15 is 0 Å². The first kappa shape index (κ1) is 12.4. The van der Waals surface area contributed by atoms with Crippen LogP contribution in [0.3, 0.4) is 0 Å². The molecule has 0 aliphatic rings. The highest BCUT2D eigenvalue weighted by atomic mass is 79.9. The summed E-state index contributed by atoms with van der Waals surface area (Å²) in [5.74, 6) is 1.11. The van der Waals surface area contributed by atoms with Gasteiger partial charge in [0.15, 0.2) is 0 Å². The minimum Gasteiger partial charge on any atom is -0.302 e. The minimum absolute atomic E-state index is 0.939. The van der Waals surface area contributed by atoms with E-state index in [0.29, 0.717) is 0 Å². The van der Waals surface area contributed by atoms with Crippen molar-refractivity contribution in [2.75, 3.05) is 0 Å². The Hall–Kier alpha value is -1.61. The highest BCUT2D eigenvalue weighted by molar-refractivity contribution is 9.10. The lowest BCUT2D eigenvalue weighted by Crippen LogP contribution is -1.98. The fourth-order valence-corrected chi connectivity index (χ4v) is 3.10. The van der Waals surface area contributed by atoms with Crippen LogP contribution in [0.15, 0.2) is 53.3 Å². The van der Waals surface area contributed by atoms with E-state index in [-0.39, 0.29) is 0 Å². The smallest absolute Gasteiger partial charge is 0.132 e. The van der Waals surface area contributed by atoms with E-state index in [0.717, 1.165) is 23.3 Å². The second-order valence-corrected chi connectivity index (χ2v) is 5.47. The molecule has 0 unspecified atom stereocenters. The average Bonchev–Trinajstić information content (AvgIpc) is 2.76.